The van der Waals surface area contributed by atoms with Gasteiger partial charge in [-0.1, -0.05) is 67.8 Å². The van der Waals surface area contributed by atoms with Gasteiger partial charge in [0, 0.05) is 17.7 Å². The fourth-order valence-corrected chi connectivity index (χ4v) is 4.80. The first-order valence-corrected chi connectivity index (χ1v) is 12.9. The molecule has 0 N–H and O–H groups in total. The van der Waals surface area contributed by atoms with Crippen molar-refractivity contribution < 1.29 is 23.9 Å². The second kappa shape index (κ2) is 12.9. The van der Waals surface area contributed by atoms with Crippen LogP contribution in [0.4, 0.5) is 5.69 Å². The van der Waals surface area contributed by atoms with Gasteiger partial charge in [0.15, 0.2) is 0 Å². The lowest BCUT2D eigenvalue weighted by atomic mass is 9.88. The molecule has 3 aromatic carbocycles. The summed E-state index contributed by atoms with van der Waals surface area (Å²) in [6, 6.07) is 23.1. The van der Waals surface area contributed by atoms with Gasteiger partial charge in [0.05, 0.1) is 26.3 Å². The molecule has 0 heterocycles. The molecule has 3 aromatic rings. The highest BCUT2D eigenvalue weighted by molar-refractivity contribution is 5.95. The Bertz CT molecular complexity index is 1290. The number of carbonyl (C=O) groups excluding carboxylic acids is 3. The van der Waals surface area contributed by atoms with Gasteiger partial charge in [-0.15, -0.1) is 0 Å². The molecular weight excluding hydrogens is 478 g/mol. The van der Waals surface area contributed by atoms with Crippen molar-refractivity contribution in [1.82, 2.24) is 0 Å². The van der Waals surface area contributed by atoms with E-state index in [2.05, 4.69) is 0 Å². The minimum absolute atomic E-state index is 0.0191. The quantitative estimate of drug-likeness (QED) is 0.257. The maximum Gasteiger partial charge on any atom is 0.337 e. The monoisotopic (exact) mass is 511 g/mol. The predicted molar refractivity (Wildman–Crippen MR) is 148 cm³/mol. The van der Waals surface area contributed by atoms with Crippen LogP contribution in [0.1, 0.15) is 53.6 Å². The molecule has 0 atom stereocenters. The van der Waals surface area contributed by atoms with E-state index in [1.807, 2.05) is 65.6 Å². The molecule has 6 nitrogen and oxygen atoms in total. The van der Waals surface area contributed by atoms with E-state index in [0.717, 1.165) is 53.6 Å². The first-order valence-electron chi connectivity index (χ1n) is 12.9. The summed E-state index contributed by atoms with van der Waals surface area (Å²) < 4.78 is 9.47. The van der Waals surface area contributed by atoms with Gasteiger partial charge < -0.3 is 14.4 Å². The lowest BCUT2D eigenvalue weighted by Crippen LogP contribution is -2.36. The maximum absolute atomic E-state index is 13.7. The summed E-state index contributed by atoms with van der Waals surface area (Å²) in [6.45, 7) is 0.445. The fourth-order valence-electron chi connectivity index (χ4n) is 4.80. The van der Waals surface area contributed by atoms with E-state index >= 15 is 0 Å². The molecule has 0 aliphatic heterocycles. The largest absolute Gasteiger partial charge is 0.466 e. The summed E-state index contributed by atoms with van der Waals surface area (Å²) in [6.07, 6.45) is 8.24. The lowest BCUT2D eigenvalue weighted by molar-refractivity contribution is -0.134. The predicted octanol–water partition coefficient (Wildman–Crippen LogP) is 6.44. The number of rotatable bonds is 8. The molecule has 0 saturated heterocycles. The number of esters is 2. The third-order valence-corrected chi connectivity index (χ3v) is 6.95. The van der Waals surface area contributed by atoms with Crippen molar-refractivity contribution >= 4 is 29.6 Å². The minimum Gasteiger partial charge on any atom is -0.466 e. The molecule has 4 rings (SSSR count). The van der Waals surface area contributed by atoms with Crippen molar-refractivity contribution in [3.05, 3.63) is 95.6 Å². The zero-order valence-electron chi connectivity index (χ0n) is 21.9. The molecule has 0 spiro atoms. The third kappa shape index (κ3) is 6.76. The zero-order chi connectivity index (χ0) is 26.9. The first-order chi connectivity index (χ1) is 18.5. The van der Waals surface area contributed by atoms with Crippen LogP contribution in [-0.2, 0) is 25.6 Å². The average molecular weight is 512 g/mol. The van der Waals surface area contributed by atoms with Gasteiger partial charge in [0.25, 0.3) is 0 Å². The standard InChI is InChI=1S/C32H33NO5/c1-37-30(34)20-13-23-7-6-10-29(21-23)33(31(35)27-8-4-3-5-9-27)22-24-11-14-25(15-12-24)26-16-18-28(19-17-26)32(36)38-2/h6-7,10-21,27H,3-5,8-9,22H2,1-2H3/b20-13+. The van der Waals surface area contributed by atoms with Crippen molar-refractivity contribution in [2.24, 2.45) is 5.92 Å². The summed E-state index contributed by atoms with van der Waals surface area (Å²) in [5.74, 6) is -0.628. The molecule has 1 aliphatic carbocycles. The highest BCUT2D eigenvalue weighted by atomic mass is 16.5. The highest BCUT2D eigenvalue weighted by Crippen LogP contribution is 2.30. The van der Waals surface area contributed by atoms with Gasteiger partial charge >= 0.3 is 11.9 Å². The molecule has 196 valence electrons. The molecule has 0 radical (unpaired) electrons. The number of hydrogen-bond acceptors (Lipinski definition) is 5. The van der Waals surface area contributed by atoms with Gasteiger partial charge in [-0.25, -0.2) is 9.59 Å². The average Bonchev–Trinajstić information content (AvgIpc) is 2.99. The van der Waals surface area contributed by atoms with Crippen LogP contribution in [-0.4, -0.2) is 32.1 Å². The van der Waals surface area contributed by atoms with Crippen molar-refractivity contribution in [1.29, 1.82) is 0 Å². The van der Waals surface area contributed by atoms with E-state index < -0.39 is 5.97 Å². The Morgan fingerprint density at radius 2 is 1.50 bits per heavy atom. The summed E-state index contributed by atoms with van der Waals surface area (Å²) in [4.78, 5) is 38.9. The second-order valence-corrected chi connectivity index (χ2v) is 9.48. The van der Waals surface area contributed by atoms with Crippen LogP contribution in [0.25, 0.3) is 17.2 Å². The minimum atomic E-state index is -0.425. The Morgan fingerprint density at radius 1 is 0.842 bits per heavy atom. The summed E-state index contributed by atoms with van der Waals surface area (Å²) in [5.41, 5.74) is 5.15. The zero-order valence-corrected chi connectivity index (χ0v) is 21.9. The number of benzene rings is 3. The molecule has 1 aliphatic rings. The lowest BCUT2D eigenvalue weighted by Gasteiger charge is -2.30. The summed E-state index contributed by atoms with van der Waals surface area (Å²) >= 11 is 0. The smallest absolute Gasteiger partial charge is 0.337 e. The second-order valence-electron chi connectivity index (χ2n) is 9.48. The van der Waals surface area contributed by atoms with E-state index in [4.69, 9.17) is 9.47 Å². The molecule has 6 heteroatoms. The van der Waals surface area contributed by atoms with E-state index in [1.165, 1.54) is 26.7 Å². The van der Waals surface area contributed by atoms with E-state index in [0.29, 0.717) is 12.1 Å². The molecule has 1 amide bonds. The van der Waals surface area contributed by atoms with E-state index in [1.54, 1.807) is 18.2 Å². The highest BCUT2D eigenvalue weighted by Gasteiger charge is 2.27. The normalized spacial score (nSPS) is 13.7. The first kappa shape index (κ1) is 26.9. The number of carbonyl (C=O) groups is 3. The van der Waals surface area contributed by atoms with Gasteiger partial charge in [0.2, 0.25) is 5.91 Å². The summed E-state index contributed by atoms with van der Waals surface area (Å²) in [7, 11) is 2.71. The van der Waals surface area contributed by atoms with Crippen LogP contribution in [0.3, 0.4) is 0 Å². The van der Waals surface area contributed by atoms with E-state index in [9.17, 15) is 14.4 Å². The van der Waals surface area contributed by atoms with Crippen LogP contribution >= 0.6 is 0 Å². The number of hydrogen-bond donors (Lipinski definition) is 0. The van der Waals surface area contributed by atoms with E-state index in [-0.39, 0.29) is 17.8 Å². The van der Waals surface area contributed by atoms with Gasteiger partial charge in [-0.05, 0) is 65.4 Å². The van der Waals surface area contributed by atoms with Crippen LogP contribution < -0.4 is 4.90 Å². The SMILES string of the molecule is COC(=O)/C=C/c1cccc(N(Cc2ccc(-c3ccc(C(=O)OC)cc3)cc2)C(=O)C2CCCCC2)c1. The number of anilines is 1. The van der Waals surface area contributed by atoms with Crippen molar-refractivity contribution in [3.8, 4) is 11.1 Å². The Hall–Kier alpha value is -4.19. The third-order valence-electron chi connectivity index (χ3n) is 6.95. The summed E-state index contributed by atoms with van der Waals surface area (Å²) in [5, 5.41) is 0. The Balaban J connectivity index is 1.57. The van der Waals surface area contributed by atoms with Crippen LogP contribution in [0, 0.1) is 5.92 Å². The van der Waals surface area contributed by atoms with Gasteiger partial charge in [-0.3, -0.25) is 4.79 Å². The maximum atomic E-state index is 13.7. The number of amides is 1. The molecule has 1 fully saturated rings. The number of methoxy groups -OCH3 is 2. The van der Waals surface area contributed by atoms with Gasteiger partial charge in [0.1, 0.15) is 0 Å². The Morgan fingerprint density at radius 3 is 2.13 bits per heavy atom. The van der Waals surface area contributed by atoms with Gasteiger partial charge in [-0.2, -0.15) is 0 Å². The van der Waals surface area contributed by atoms with Crippen molar-refractivity contribution in [2.75, 3.05) is 19.1 Å². The molecule has 1 saturated carbocycles. The molecular formula is C32H33NO5. The fraction of sp³-hybridized carbons (Fsp3) is 0.281. The van der Waals surface area contributed by atoms with Crippen LogP contribution in [0.5, 0.6) is 0 Å². The van der Waals surface area contributed by atoms with Crippen LogP contribution in [0.2, 0.25) is 0 Å². The number of ether oxygens (including phenoxy) is 2. The molecule has 38 heavy (non-hydrogen) atoms. The Kier molecular flexibility index (Phi) is 9.09. The van der Waals surface area contributed by atoms with Crippen molar-refractivity contribution in [2.45, 2.75) is 38.6 Å². The van der Waals surface area contributed by atoms with Crippen molar-refractivity contribution in [3.63, 3.8) is 0 Å². The Labute approximate surface area is 223 Å². The number of nitrogens with zero attached hydrogens (tertiary/aromatic N) is 1. The molecule has 0 bridgehead atoms. The van der Waals surface area contributed by atoms with Crippen LogP contribution in [0.15, 0.2) is 78.9 Å². The topological polar surface area (TPSA) is 72.9 Å². The molecule has 0 unspecified atom stereocenters. The molecule has 0 aromatic heterocycles.